The van der Waals surface area contributed by atoms with Gasteiger partial charge in [-0.05, 0) is 55.3 Å². The normalized spacial score (nSPS) is 12.4. The van der Waals surface area contributed by atoms with Gasteiger partial charge in [-0.3, -0.25) is 10.1 Å². The highest BCUT2D eigenvalue weighted by molar-refractivity contribution is 7.21. The van der Waals surface area contributed by atoms with Crippen molar-refractivity contribution in [3.63, 3.8) is 0 Å². The van der Waals surface area contributed by atoms with Crippen molar-refractivity contribution in [3.8, 4) is 10.6 Å². The topological polar surface area (TPSA) is 74.2 Å². The van der Waals surface area contributed by atoms with Gasteiger partial charge >= 0.3 is 0 Å². The molecule has 1 amide bonds. The van der Waals surface area contributed by atoms with Gasteiger partial charge in [-0.1, -0.05) is 26.0 Å². The number of rotatable bonds is 8. The third-order valence-corrected chi connectivity index (χ3v) is 5.36. The molecule has 3 aromatic rings. The van der Waals surface area contributed by atoms with E-state index in [0.717, 1.165) is 21.8 Å². The molecule has 27 heavy (non-hydrogen) atoms. The summed E-state index contributed by atoms with van der Waals surface area (Å²) in [4.78, 5) is 16.7. The van der Waals surface area contributed by atoms with Crippen LogP contribution in [0.15, 0.2) is 48.5 Å². The molecule has 0 bridgehead atoms. The lowest BCUT2D eigenvalue weighted by atomic mass is 10.2. The molecule has 1 heterocycles. The Kier molecular flexibility index (Phi) is 6.55. The predicted octanol–water partition coefficient (Wildman–Crippen LogP) is 4.25. The first-order chi connectivity index (χ1) is 13.0. The van der Waals surface area contributed by atoms with Crippen molar-refractivity contribution in [2.75, 3.05) is 11.9 Å². The summed E-state index contributed by atoms with van der Waals surface area (Å²) in [5, 5.41) is 16.6. The van der Waals surface area contributed by atoms with E-state index >= 15 is 0 Å². The van der Waals surface area contributed by atoms with E-state index in [4.69, 9.17) is 0 Å². The lowest BCUT2D eigenvalue weighted by molar-refractivity contribution is -0.116. The van der Waals surface area contributed by atoms with Crippen LogP contribution in [0.2, 0.25) is 0 Å². The van der Waals surface area contributed by atoms with Crippen LogP contribution in [0.3, 0.4) is 0 Å². The molecule has 0 fully saturated rings. The monoisotopic (exact) mass is 383 g/mol. The lowest BCUT2D eigenvalue weighted by Gasteiger charge is -2.15. The molecule has 0 spiro atoms. The van der Waals surface area contributed by atoms with Crippen LogP contribution in [-0.4, -0.2) is 28.8 Å². The Balaban J connectivity index is 1.51. The van der Waals surface area contributed by atoms with Gasteiger partial charge in [0, 0.05) is 17.7 Å². The van der Waals surface area contributed by atoms with Gasteiger partial charge in [0.1, 0.15) is 11.2 Å². The van der Waals surface area contributed by atoms with Gasteiger partial charge in [0.2, 0.25) is 5.91 Å². The Morgan fingerprint density at radius 2 is 1.89 bits per heavy atom. The number of nitrogens with zero attached hydrogens (tertiary/aromatic N) is 1. The molecule has 1 unspecified atom stereocenters. The second-order valence-electron chi connectivity index (χ2n) is 6.86. The van der Waals surface area contributed by atoms with Crippen molar-refractivity contribution < 1.29 is 9.90 Å². The van der Waals surface area contributed by atoms with Crippen molar-refractivity contribution in [2.45, 2.75) is 32.9 Å². The van der Waals surface area contributed by atoms with Crippen molar-refractivity contribution in [3.05, 3.63) is 48.5 Å². The summed E-state index contributed by atoms with van der Waals surface area (Å²) < 4.78 is 1.17. The number of aliphatic hydroxyl groups excluding tert-OH is 1. The number of fused-ring (bicyclic) bond motifs is 1. The highest BCUT2D eigenvalue weighted by Crippen LogP contribution is 2.30. The molecule has 2 aromatic carbocycles. The van der Waals surface area contributed by atoms with Gasteiger partial charge < -0.3 is 10.4 Å². The molecule has 6 heteroatoms. The van der Waals surface area contributed by atoms with Crippen LogP contribution in [0.25, 0.3) is 20.8 Å². The van der Waals surface area contributed by atoms with Gasteiger partial charge in [0.15, 0.2) is 0 Å². The van der Waals surface area contributed by atoms with E-state index in [1.54, 1.807) is 11.3 Å². The Bertz CT molecular complexity index is 857. The van der Waals surface area contributed by atoms with E-state index in [1.807, 2.05) is 56.3 Å². The van der Waals surface area contributed by atoms with Crippen molar-refractivity contribution in [1.29, 1.82) is 0 Å². The fourth-order valence-electron chi connectivity index (χ4n) is 2.65. The smallest absolute Gasteiger partial charge is 0.224 e. The number of carbonyl (C=O) groups is 1. The van der Waals surface area contributed by atoms with Gasteiger partial charge in [-0.15, -0.1) is 11.3 Å². The van der Waals surface area contributed by atoms with Crippen LogP contribution >= 0.6 is 11.3 Å². The van der Waals surface area contributed by atoms with Crippen LogP contribution in [0.5, 0.6) is 0 Å². The number of amides is 1. The Labute approximate surface area is 163 Å². The first-order valence-electron chi connectivity index (χ1n) is 9.20. The Hall–Kier alpha value is -2.28. The maximum absolute atomic E-state index is 12.1. The molecule has 0 radical (unpaired) electrons. The number of benzene rings is 2. The molecule has 3 rings (SSSR count). The third-order valence-electron chi connectivity index (χ3n) is 4.28. The molecule has 0 aliphatic heterocycles. The number of aromatic nitrogens is 1. The van der Waals surface area contributed by atoms with Crippen LogP contribution < -0.4 is 10.6 Å². The first-order valence-corrected chi connectivity index (χ1v) is 10.0. The van der Waals surface area contributed by atoms with Crippen LogP contribution in [0.1, 0.15) is 26.7 Å². The molecule has 5 nitrogen and oxygen atoms in total. The van der Waals surface area contributed by atoms with Gasteiger partial charge in [-0.2, -0.15) is 0 Å². The molecule has 3 N–H and O–H groups in total. The lowest BCUT2D eigenvalue weighted by Crippen LogP contribution is -2.34. The second kappa shape index (κ2) is 9.08. The molecule has 0 aliphatic rings. The second-order valence-corrected chi connectivity index (χ2v) is 7.89. The number of para-hydroxylation sites is 1. The minimum atomic E-state index is -0.525. The molecule has 1 atom stereocenters. The maximum Gasteiger partial charge on any atom is 0.224 e. The zero-order chi connectivity index (χ0) is 19.2. The summed E-state index contributed by atoms with van der Waals surface area (Å²) >= 11 is 1.66. The zero-order valence-corrected chi connectivity index (χ0v) is 16.4. The highest BCUT2D eigenvalue weighted by Gasteiger charge is 2.09. The number of anilines is 1. The molecule has 1 aromatic heterocycles. The summed E-state index contributed by atoms with van der Waals surface area (Å²) in [6, 6.07) is 15.9. The van der Waals surface area contributed by atoms with Crippen molar-refractivity contribution in [1.82, 2.24) is 10.3 Å². The van der Waals surface area contributed by atoms with Crippen LogP contribution in [-0.2, 0) is 4.79 Å². The van der Waals surface area contributed by atoms with Gasteiger partial charge in [-0.25, -0.2) is 4.98 Å². The molecular formula is C21H25N3O2S. The third kappa shape index (κ3) is 5.35. The molecular weight excluding hydrogens is 358 g/mol. The van der Waals surface area contributed by atoms with E-state index in [2.05, 4.69) is 21.7 Å². The summed E-state index contributed by atoms with van der Waals surface area (Å²) in [6.07, 6.45) is 0.569. The van der Waals surface area contributed by atoms with E-state index in [1.165, 1.54) is 4.70 Å². The van der Waals surface area contributed by atoms with Gasteiger partial charge in [0.25, 0.3) is 0 Å². The minimum Gasteiger partial charge on any atom is -0.378 e. The van der Waals surface area contributed by atoms with Crippen LogP contribution in [0.4, 0.5) is 5.69 Å². The number of hydrogen-bond acceptors (Lipinski definition) is 5. The quantitative estimate of drug-likeness (QED) is 0.402. The number of hydrogen-bond donors (Lipinski definition) is 3. The summed E-state index contributed by atoms with van der Waals surface area (Å²) in [5.41, 5.74) is 2.83. The summed E-state index contributed by atoms with van der Waals surface area (Å²) in [6.45, 7) is 4.51. The van der Waals surface area contributed by atoms with E-state index < -0.39 is 6.23 Å². The molecule has 0 aliphatic carbocycles. The fourth-order valence-corrected chi connectivity index (χ4v) is 3.62. The average Bonchev–Trinajstić information content (AvgIpc) is 3.09. The highest BCUT2D eigenvalue weighted by atomic mass is 32.1. The van der Waals surface area contributed by atoms with E-state index in [9.17, 15) is 9.90 Å². The van der Waals surface area contributed by atoms with Crippen molar-refractivity contribution >= 4 is 33.1 Å². The molecule has 0 saturated carbocycles. The number of thiazole rings is 1. The largest absolute Gasteiger partial charge is 0.378 e. The minimum absolute atomic E-state index is 0.0245. The number of carbonyl (C=O) groups excluding carboxylic acids is 1. The molecule has 142 valence electrons. The average molecular weight is 384 g/mol. The Morgan fingerprint density at radius 1 is 1.15 bits per heavy atom. The molecule has 0 saturated heterocycles. The first kappa shape index (κ1) is 19.5. The predicted molar refractivity (Wildman–Crippen MR) is 112 cm³/mol. The maximum atomic E-state index is 12.1. The number of nitrogens with one attached hydrogen (secondary N) is 2. The van der Waals surface area contributed by atoms with Crippen LogP contribution in [0, 0.1) is 5.92 Å². The van der Waals surface area contributed by atoms with E-state index in [0.29, 0.717) is 19.4 Å². The summed E-state index contributed by atoms with van der Waals surface area (Å²) in [5.74, 6) is 0.136. The SMILES string of the molecule is CC(C)C(O)NCCCC(=O)Nc1ccc(-c2nc3ccccc3s2)cc1. The van der Waals surface area contributed by atoms with E-state index in [-0.39, 0.29) is 11.8 Å². The summed E-state index contributed by atoms with van der Waals surface area (Å²) in [7, 11) is 0. The standard InChI is InChI=1S/C21H25N3O2S/c1-14(2)20(26)22-13-5-8-19(25)23-16-11-9-15(10-12-16)21-24-17-6-3-4-7-18(17)27-21/h3-4,6-7,9-12,14,20,22,26H,5,8,13H2,1-2H3,(H,23,25). The number of aliphatic hydroxyl groups is 1. The fraction of sp³-hybridized carbons (Fsp3) is 0.333. The Morgan fingerprint density at radius 3 is 2.59 bits per heavy atom. The van der Waals surface area contributed by atoms with Crippen molar-refractivity contribution in [2.24, 2.45) is 5.92 Å². The van der Waals surface area contributed by atoms with Gasteiger partial charge in [0.05, 0.1) is 10.2 Å². The zero-order valence-electron chi connectivity index (χ0n) is 15.6.